The van der Waals surface area contributed by atoms with Crippen LogP contribution in [-0.2, 0) is 7.05 Å². The van der Waals surface area contributed by atoms with E-state index in [-0.39, 0.29) is 5.91 Å². The van der Waals surface area contributed by atoms with E-state index in [9.17, 15) is 4.79 Å². The summed E-state index contributed by atoms with van der Waals surface area (Å²) in [5, 5.41) is 10.7. The molecule has 3 aromatic heterocycles. The summed E-state index contributed by atoms with van der Waals surface area (Å²) in [6.45, 7) is 0. The number of hydrogen-bond acceptors (Lipinski definition) is 5. The van der Waals surface area contributed by atoms with Gasteiger partial charge in [-0.25, -0.2) is 14.6 Å². The summed E-state index contributed by atoms with van der Waals surface area (Å²) in [5.74, 6) is 0.398. The van der Waals surface area contributed by atoms with Crippen molar-refractivity contribution in [3.63, 3.8) is 0 Å². The maximum Gasteiger partial charge on any atom is 0.258 e. The van der Waals surface area contributed by atoms with Gasteiger partial charge in [-0.15, -0.1) is 0 Å². The Labute approximate surface area is 114 Å². The van der Waals surface area contributed by atoms with Crippen LogP contribution in [0.4, 0.5) is 5.69 Å². The lowest BCUT2D eigenvalue weighted by atomic mass is 10.3. The van der Waals surface area contributed by atoms with Crippen LogP contribution < -0.4 is 5.32 Å². The Hall–Kier alpha value is -3.03. The second-order valence-electron chi connectivity index (χ2n) is 4.10. The number of hydrogen-bond donors (Lipinski definition) is 1. The quantitative estimate of drug-likeness (QED) is 0.753. The summed E-state index contributed by atoms with van der Waals surface area (Å²) >= 11 is 0. The molecular formula is C12H11N7O. The average Bonchev–Trinajstić information content (AvgIpc) is 3.10. The number of rotatable bonds is 3. The number of nitrogens with one attached hydrogen (secondary N) is 1. The first-order valence-corrected chi connectivity index (χ1v) is 5.83. The Morgan fingerprint density at radius 3 is 2.75 bits per heavy atom. The van der Waals surface area contributed by atoms with E-state index in [1.165, 1.54) is 17.2 Å². The summed E-state index contributed by atoms with van der Waals surface area (Å²) in [4.78, 5) is 20.0. The van der Waals surface area contributed by atoms with E-state index in [0.29, 0.717) is 17.1 Å². The second kappa shape index (κ2) is 4.92. The lowest BCUT2D eigenvalue weighted by Gasteiger charge is -2.04. The fourth-order valence-electron chi connectivity index (χ4n) is 1.66. The fourth-order valence-corrected chi connectivity index (χ4v) is 1.66. The molecule has 0 aliphatic carbocycles. The molecule has 0 saturated carbocycles. The average molecular weight is 269 g/mol. The SMILES string of the molecule is Cn1cc(C(=O)Nc2ccc(-n3cncn3)nc2)cn1. The normalized spacial score (nSPS) is 10.4. The third-order valence-electron chi connectivity index (χ3n) is 2.63. The number of anilines is 1. The van der Waals surface area contributed by atoms with Crippen LogP contribution in [0.5, 0.6) is 0 Å². The molecule has 100 valence electrons. The van der Waals surface area contributed by atoms with Crippen LogP contribution in [0.25, 0.3) is 5.82 Å². The summed E-state index contributed by atoms with van der Waals surface area (Å²) in [7, 11) is 1.76. The molecule has 3 aromatic rings. The maximum absolute atomic E-state index is 11.9. The van der Waals surface area contributed by atoms with Crippen molar-refractivity contribution in [3.05, 3.63) is 48.9 Å². The number of pyridine rings is 1. The lowest BCUT2D eigenvalue weighted by molar-refractivity contribution is 0.102. The molecule has 0 radical (unpaired) electrons. The van der Waals surface area contributed by atoms with Gasteiger partial charge in [0.2, 0.25) is 0 Å². The molecule has 1 amide bonds. The third-order valence-corrected chi connectivity index (χ3v) is 2.63. The van der Waals surface area contributed by atoms with Crippen LogP contribution in [0.1, 0.15) is 10.4 Å². The largest absolute Gasteiger partial charge is 0.320 e. The number of nitrogens with zero attached hydrogens (tertiary/aromatic N) is 6. The molecule has 0 atom stereocenters. The summed E-state index contributed by atoms with van der Waals surface area (Å²) in [6.07, 6.45) is 7.69. The van der Waals surface area contributed by atoms with Crippen LogP contribution in [0.2, 0.25) is 0 Å². The van der Waals surface area contributed by atoms with E-state index in [0.717, 1.165) is 0 Å². The highest BCUT2D eigenvalue weighted by molar-refractivity contribution is 6.03. The van der Waals surface area contributed by atoms with Crippen LogP contribution in [0.15, 0.2) is 43.4 Å². The van der Waals surface area contributed by atoms with Gasteiger partial charge in [0.25, 0.3) is 5.91 Å². The molecule has 0 bridgehead atoms. The van der Waals surface area contributed by atoms with Crippen molar-refractivity contribution in [2.75, 3.05) is 5.32 Å². The minimum Gasteiger partial charge on any atom is -0.320 e. The van der Waals surface area contributed by atoms with E-state index < -0.39 is 0 Å². The first kappa shape index (κ1) is 12.0. The van der Waals surface area contributed by atoms with Crippen LogP contribution in [-0.4, -0.2) is 35.4 Å². The first-order chi connectivity index (χ1) is 9.72. The highest BCUT2D eigenvalue weighted by atomic mass is 16.1. The zero-order chi connectivity index (χ0) is 13.9. The van der Waals surface area contributed by atoms with E-state index >= 15 is 0 Å². The molecule has 20 heavy (non-hydrogen) atoms. The van der Waals surface area contributed by atoms with Gasteiger partial charge >= 0.3 is 0 Å². The van der Waals surface area contributed by atoms with Crippen molar-refractivity contribution < 1.29 is 4.79 Å². The van der Waals surface area contributed by atoms with E-state index in [4.69, 9.17) is 0 Å². The van der Waals surface area contributed by atoms with Gasteiger partial charge in [-0.05, 0) is 12.1 Å². The Morgan fingerprint density at radius 1 is 1.25 bits per heavy atom. The van der Waals surface area contributed by atoms with Crippen LogP contribution in [0.3, 0.4) is 0 Å². The molecular weight excluding hydrogens is 258 g/mol. The molecule has 0 spiro atoms. The topological polar surface area (TPSA) is 90.5 Å². The zero-order valence-electron chi connectivity index (χ0n) is 10.6. The van der Waals surface area contributed by atoms with Crippen molar-refractivity contribution >= 4 is 11.6 Å². The summed E-state index contributed by atoms with van der Waals surface area (Å²) < 4.78 is 3.10. The van der Waals surface area contributed by atoms with Crippen molar-refractivity contribution in [2.24, 2.45) is 7.05 Å². The molecule has 8 nitrogen and oxygen atoms in total. The van der Waals surface area contributed by atoms with Crippen LogP contribution >= 0.6 is 0 Å². The van der Waals surface area contributed by atoms with Gasteiger partial charge < -0.3 is 5.32 Å². The van der Waals surface area contributed by atoms with Gasteiger partial charge in [0.15, 0.2) is 5.82 Å². The van der Waals surface area contributed by atoms with E-state index in [2.05, 4.69) is 25.5 Å². The lowest BCUT2D eigenvalue weighted by Crippen LogP contribution is -2.11. The van der Waals surface area contributed by atoms with Gasteiger partial charge in [-0.2, -0.15) is 10.2 Å². The van der Waals surface area contributed by atoms with Gasteiger partial charge in [0.05, 0.1) is 23.6 Å². The Bertz CT molecular complexity index is 715. The summed E-state index contributed by atoms with van der Waals surface area (Å²) in [6, 6.07) is 3.49. The molecule has 8 heteroatoms. The van der Waals surface area contributed by atoms with E-state index in [1.807, 2.05) is 0 Å². The highest BCUT2D eigenvalue weighted by Crippen LogP contribution is 2.10. The molecule has 0 unspecified atom stereocenters. The molecule has 3 heterocycles. The van der Waals surface area contributed by atoms with Gasteiger partial charge in [-0.1, -0.05) is 0 Å². The summed E-state index contributed by atoms with van der Waals surface area (Å²) in [5.41, 5.74) is 1.09. The second-order valence-corrected chi connectivity index (χ2v) is 4.10. The molecule has 0 fully saturated rings. The van der Waals surface area contributed by atoms with Crippen molar-refractivity contribution in [1.29, 1.82) is 0 Å². The van der Waals surface area contributed by atoms with Gasteiger partial charge in [0.1, 0.15) is 12.7 Å². The standard InChI is InChI=1S/C12H11N7O/c1-18-6-9(4-15-18)12(20)17-10-2-3-11(14-5-10)19-8-13-7-16-19/h2-8H,1H3,(H,17,20). The minimum absolute atomic E-state index is 0.228. The number of aryl methyl sites for hydroxylation is 1. The number of amides is 1. The minimum atomic E-state index is -0.228. The Kier molecular flexibility index (Phi) is 2.96. The van der Waals surface area contributed by atoms with Gasteiger partial charge in [0, 0.05) is 13.2 Å². The number of carbonyl (C=O) groups is 1. The molecule has 3 rings (SSSR count). The predicted molar refractivity (Wildman–Crippen MR) is 70.3 cm³/mol. The van der Waals surface area contributed by atoms with Gasteiger partial charge in [-0.3, -0.25) is 9.48 Å². The first-order valence-electron chi connectivity index (χ1n) is 5.83. The maximum atomic E-state index is 11.9. The predicted octanol–water partition coefficient (Wildman–Crippen LogP) is 0.648. The smallest absolute Gasteiger partial charge is 0.258 e. The number of aromatic nitrogens is 6. The highest BCUT2D eigenvalue weighted by Gasteiger charge is 2.08. The third kappa shape index (κ3) is 2.39. The number of carbonyl (C=O) groups excluding carboxylic acids is 1. The Balaban J connectivity index is 1.74. The van der Waals surface area contributed by atoms with E-state index in [1.54, 1.807) is 42.6 Å². The zero-order valence-corrected chi connectivity index (χ0v) is 10.6. The molecule has 0 aromatic carbocycles. The van der Waals surface area contributed by atoms with Crippen molar-refractivity contribution in [2.45, 2.75) is 0 Å². The monoisotopic (exact) mass is 269 g/mol. The molecule has 0 aliphatic heterocycles. The fraction of sp³-hybridized carbons (Fsp3) is 0.0833. The van der Waals surface area contributed by atoms with Crippen molar-refractivity contribution in [3.8, 4) is 5.82 Å². The molecule has 0 saturated heterocycles. The Morgan fingerprint density at radius 2 is 2.15 bits per heavy atom. The molecule has 1 N–H and O–H groups in total. The van der Waals surface area contributed by atoms with Crippen LogP contribution in [0, 0.1) is 0 Å². The molecule has 0 aliphatic rings. The van der Waals surface area contributed by atoms with Crippen molar-refractivity contribution in [1.82, 2.24) is 29.5 Å².